The van der Waals surface area contributed by atoms with Crippen molar-refractivity contribution in [3.8, 4) is 0 Å². The summed E-state index contributed by atoms with van der Waals surface area (Å²) in [6.45, 7) is 6.17. The van der Waals surface area contributed by atoms with Gasteiger partial charge in [-0.3, -0.25) is 4.79 Å². The molecule has 0 aliphatic rings. The molecule has 4 heteroatoms. The van der Waals surface area contributed by atoms with E-state index in [0.29, 0.717) is 37.9 Å². The molecule has 0 aliphatic heterocycles. The van der Waals surface area contributed by atoms with Crippen molar-refractivity contribution in [3.63, 3.8) is 0 Å². The summed E-state index contributed by atoms with van der Waals surface area (Å²) in [6, 6.07) is 0. The zero-order chi connectivity index (χ0) is 11.7. The van der Waals surface area contributed by atoms with E-state index in [1.54, 1.807) is 0 Å². The van der Waals surface area contributed by atoms with E-state index in [1.807, 2.05) is 0 Å². The van der Waals surface area contributed by atoms with E-state index in [4.69, 9.17) is 11.5 Å². The van der Waals surface area contributed by atoms with Gasteiger partial charge in [0.05, 0.1) is 0 Å². The lowest BCUT2D eigenvalue weighted by Gasteiger charge is -2.16. The second-order valence-corrected chi connectivity index (χ2v) is 4.43. The van der Waals surface area contributed by atoms with Gasteiger partial charge in [-0.25, -0.2) is 0 Å². The fourth-order valence-electron chi connectivity index (χ4n) is 1.59. The molecule has 1 unspecified atom stereocenters. The van der Waals surface area contributed by atoms with Crippen molar-refractivity contribution in [2.45, 2.75) is 33.1 Å². The minimum atomic E-state index is 0.0968. The summed E-state index contributed by atoms with van der Waals surface area (Å²) in [7, 11) is 0. The van der Waals surface area contributed by atoms with Crippen LogP contribution in [0.5, 0.6) is 0 Å². The predicted molar refractivity (Wildman–Crippen MR) is 63.3 cm³/mol. The second-order valence-electron chi connectivity index (χ2n) is 4.43. The number of carbonyl (C=O) groups is 1. The van der Waals surface area contributed by atoms with E-state index in [1.165, 1.54) is 0 Å². The largest absolute Gasteiger partial charge is 0.356 e. The zero-order valence-electron chi connectivity index (χ0n) is 9.96. The van der Waals surface area contributed by atoms with Crippen LogP contribution < -0.4 is 16.8 Å². The van der Waals surface area contributed by atoms with Crippen LogP contribution in [0, 0.1) is 11.8 Å². The fraction of sp³-hybridized carbons (Fsp3) is 0.909. The SMILES string of the molecule is CC(C)CC(CN)CC(=O)NCCCN. The van der Waals surface area contributed by atoms with Gasteiger partial charge < -0.3 is 16.8 Å². The monoisotopic (exact) mass is 215 g/mol. The summed E-state index contributed by atoms with van der Waals surface area (Å²) in [5.41, 5.74) is 11.0. The van der Waals surface area contributed by atoms with Gasteiger partial charge >= 0.3 is 0 Å². The average molecular weight is 215 g/mol. The first kappa shape index (κ1) is 14.4. The Bertz CT molecular complexity index is 171. The van der Waals surface area contributed by atoms with Crippen LogP contribution in [-0.4, -0.2) is 25.5 Å². The highest BCUT2D eigenvalue weighted by Crippen LogP contribution is 2.13. The molecule has 0 aromatic heterocycles. The Hall–Kier alpha value is -0.610. The van der Waals surface area contributed by atoms with E-state index in [9.17, 15) is 4.79 Å². The lowest BCUT2D eigenvalue weighted by Crippen LogP contribution is -2.30. The Kier molecular flexibility index (Phi) is 8.33. The lowest BCUT2D eigenvalue weighted by atomic mass is 9.94. The first-order valence-corrected chi connectivity index (χ1v) is 5.77. The summed E-state index contributed by atoms with van der Waals surface area (Å²) in [4.78, 5) is 11.5. The number of nitrogens with one attached hydrogen (secondary N) is 1. The number of amides is 1. The van der Waals surface area contributed by atoms with Crippen molar-refractivity contribution >= 4 is 5.91 Å². The summed E-state index contributed by atoms with van der Waals surface area (Å²) in [5, 5.41) is 2.85. The van der Waals surface area contributed by atoms with Gasteiger partial charge in [0.2, 0.25) is 5.91 Å². The quantitative estimate of drug-likeness (QED) is 0.515. The van der Waals surface area contributed by atoms with E-state index in [0.717, 1.165) is 12.8 Å². The molecule has 0 saturated heterocycles. The van der Waals surface area contributed by atoms with Crippen molar-refractivity contribution in [1.29, 1.82) is 0 Å². The fourth-order valence-corrected chi connectivity index (χ4v) is 1.59. The first-order valence-electron chi connectivity index (χ1n) is 5.77. The van der Waals surface area contributed by atoms with Crippen molar-refractivity contribution in [2.24, 2.45) is 23.3 Å². The molecule has 0 rings (SSSR count). The topological polar surface area (TPSA) is 81.1 Å². The van der Waals surface area contributed by atoms with Gasteiger partial charge in [0.1, 0.15) is 0 Å². The van der Waals surface area contributed by atoms with Gasteiger partial charge in [-0.15, -0.1) is 0 Å². The van der Waals surface area contributed by atoms with Crippen LogP contribution in [0.4, 0.5) is 0 Å². The number of rotatable bonds is 8. The summed E-state index contributed by atoms with van der Waals surface area (Å²) in [5.74, 6) is 0.998. The minimum Gasteiger partial charge on any atom is -0.356 e. The normalized spacial score (nSPS) is 12.9. The van der Waals surface area contributed by atoms with Crippen LogP contribution in [0.1, 0.15) is 33.1 Å². The van der Waals surface area contributed by atoms with Gasteiger partial charge in [-0.05, 0) is 37.8 Å². The Balaban J connectivity index is 3.70. The van der Waals surface area contributed by atoms with Gasteiger partial charge in [0.25, 0.3) is 0 Å². The molecule has 0 aromatic carbocycles. The number of nitrogens with two attached hydrogens (primary N) is 2. The maximum Gasteiger partial charge on any atom is 0.220 e. The zero-order valence-corrected chi connectivity index (χ0v) is 9.96. The Morgan fingerprint density at radius 2 is 2.00 bits per heavy atom. The van der Waals surface area contributed by atoms with Gasteiger partial charge in [-0.2, -0.15) is 0 Å². The molecule has 0 heterocycles. The molecule has 4 nitrogen and oxygen atoms in total. The molecule has 1 amide bonds. The summed E-state index contributed by atoms with van der Waals surface area (Å²) >= 11 is 0. The summed E-state index contributed by atoms with van der Waals surface area (Å²) in [6.07, 6.45) is 2.39. The Morgan fingerprint density at radius 1 is 1.33 bits per heavy atom. The minimum absolute atomic E-state index is 0.0968. The van der Waals surface area contributed by atoms with Crippen molar-refractivity contribution < 1.29 is 4.79 Å². The second kappa shape index (κ2) is 8.68. The average Bonchev–Trinajstić information content (AvgIpc) is 2.16. The van der Waals surface area contributed by atoms with Crippen molar-refractivity contribution in [1.82, 2.24) is 5.32 Å². The van der Waals surface area contributed by atoms with Crippen LogP contribution in [0.25, 0.3) is 0 Å². The molecule has 5 N–H and O–H groups in total. The van der Waals surface area contributed by atoms with Crippen LogP contribution in [-0.2, 0) is 4.79 Å². The number of hydrogen-bond donors (Lipinski definition) is 3. The maximum atomic E-state index is 11.5. The third-order valence-corrected chi connectivity index (χ3v) is 2.32. The van der Waals surface area contributed by atoms with Crippen LogP contribution >= 0.6 is 0 Å². The van der Waals surface area contributed by atoms with Crippen LogP contribution in [0.2, 0.25) is 0 Å². The Morgan fingerprint density at radius 3 is 2.47 bits per heavy atom. The van der Waals surface area contributed by atoms with E-state index >= 15 is 0 Å². The predicted octanol–water partition coefficient (Wildman–Crippen LogP) is 0.463. The maximum absolute atomic E-state index is 11.5. The molecule has 0 spiro atoms. The molecule has 0 radical (unpaired) electrons. The third-order valence-electron chi connectivity index (χ3n) is 2.32. The molecule has 1 atom stereocenters. The molecule has 0 aliphatic carbocycles. The highest BCUT2D eigenvalue weighted by atomic mass is 16.1. The molecular formula is C11H25N3O. The molecule has 90 valence electrons. The Labute approximate surface area is 92.8 Å². The standard InChI is InChI=1S/C11H25N3O/c1-9(2)6-10(8-13)7-11(15)14-5-3-4-12/h9-10H,3-8,12-13H2,1-2H3,(H,14,15). The van der Waals surface area contributed by atoms with E-state index in [-0.39, 0.29) is 5.91 Å². The smallest absolute Gasteiger partial charge is 0.220 e. The van der Waals surface area contributed by atoms with E-state index in [2.05, 4.69) is 19.2 Å². The van der Waals surface area contributed by atoms with Gasteiger partial charge in [0, 0.05) is 13.0 Å². The first-order chi connectivity index (χ1) is 7.10. The highest BCUT2D eigenvalue weighted by Gasteiger charge is 2.13. The third kappa shape index (κ3) is 8.39. The number of hydrogen-bond acceptors (Lipinski definition) is 3. The molecule has 0 bridgehead atoms. The van der Waals surface area contributed by atoms with Crippen LogP contribution in [0.15, 0.2) is 0 Å². The van der Waals surface area contributed by atoms with Crippen molar-refractivity contribution in [3.05, 3.63) is 0 Å². The molecule has 0 saturated carbocycles. The van der Waals surface area contributed by atoms with E-state index < -0.39 is 0 Å². The van der Waals surface area contributed by atoms with Crippen molar-refractivity contribution in [2.75, 3.05) is 19.6 Å². The number of carbonyl (C=O) groups excluding carboxylic acids is 1. The lowest BCUT2D eigenvalue weighted by molar-refractivity contribution is -0.122. The summed E-state index contributed by atoms with van der Waals surface area (Å²) < 4.78 is 0. The highest BCUT2D eigenvalue weighted by molar-refractivity contribution is 5.76. The van der Waals surface area contributed by atoms with Crippen LogP contribution in [0.3, 0.4) is 0 Å². The molecule has 0 fully saturated rings. The van der Waals surface area contributed by atoms with Gasteiger partial charge in [0.15, 0.2) is 0 Å². The molecule has 0 aromatic rings. The molecular weight excluding hydrogens is 190 g/mol. The van der Waals surface area contributed by atoms with Gasteiger partial charge in [-0.1, -0.05) is 13.8 Å². The molecule has 15 heavy (non-hydrogen) atoms.